The molecule has 0 spiro atoms. The predicted octanol–water partition coefficient (Wildman–Crippen LogP) is 4.76. The van der Waals surface area contributed by atoms with Crippen LogP contribution in [0.15, 0.2) is 77.9 Å². The maximum atomic E-state index is 12.1. The number of carbonyl (C=O) groups excluding carboxylic acids is 1. The van der Waals surface area contributed by atoms with Gasteiger partial charge in [-0.3, -0.25) is 4.79 Å². The van der Waals surface area contributed by atoms with E-state index < -0.39 is 12.0 Å². The summed E-state index contributed by atoms with van der Waals surface area (Å²) in [6.45, 7) is 0.308. The quantitative estimate of drug-likeness (QED) is 0.421. The van der Waals surface area contributed by atoms with Crippen LogP contribution in [-0.4, -0.2) is 17.2 Å². The van der Waals surface area contributed by atoms with Gasteiger partial charge in [-0.15, -0.1) is 0 Å². The monoisotopic (exact) mass is 428 g/mol. The van der Waals surface area contributed by atoms with Crippen molar-refractivity contribution in [2.45, 2.75) is 12.7 Å². The fraction of sp³-hybridized carbons (Fsp3) is 0.0909. The van der Waals surface area contributed by atoms with Crippen LogP contribution in [-0.2, 0) is 11.4 Å². The van der Waals surface area contributed by atoms with Crippen molar-refractivity contribution in [3.63, 3.8) is 0 Å². The number of aliphatic hydroxyl groups is 1. The summed E-state index contributed by atoms with van der Waals surface area (Å²) in [7, 11) is 0. The Balaban J connectivity index is 1.66. The van der Waals surface area contributed by atoms with Crippen molar-refractivity contribution in [1.29, 1.82) is 0 Å². The van der Waals surface area contributed by atoms with Crippen LogP contribution >= 0.6 is 23.2 Å². The summed E-state index contributed by atoms with van der Waals surface area (Å²) in [6.07, 6.45) is 0.0979. The standard InChI is InChI=1S/C22H18Cl2N2O3/c23-18-8-4-5-15(11-18)14-29-20-10-9-19(24)12-17(20)13-25-26-22(28)21(27)16-6-2-1-3-7-16/h1-13,21,27H,14H2,(H,26,28)/b25-13-/t21-/m0/s1. The number of carbonyl (C=O) groups is 1. The molecule has 29 heavy (non-hydrogen) atoms. The number of hydrazone groups is 1. The first-order valence-electron chi connectivity index (χ1n) is 8.75. The van der Waals surface area contributed by atoms with Gasteiger partial charge in [0.05, 0.1) is 6.21 Å². The van der Waals surface area contributed by atoms with Gasteiger partial charge in [0.2, 0.25) is 0 Å². The van der Waals surface area contributed by atoms with E-state index >= 15 is 0 Å². The van der Waals surface area contributed by atoms with Gasteiger partial charge >= 0.3 is 0 Å². The summed E-state index contributed by atoms with van der Waals surface area (Å²) in [6, 6.07) is 21.0. The second-order valence-electron chi connectivity index (χ2n) is 6.15. The Bertz CT molecular complexity index is 1010. The maximum absolute atomic E-state index is 12.1. The van der Waals surface area contributed by atoms with Gasteiger partial charge in [-0.2, -0.15) is 5.10 Å². The second-order valence-corrected chi connectivity index (χ2v) is 7.02. The molecule has 0 saturated heterocycles. The van der Waals surface area contributed by atoms with Crippen molar-refractivity contribution in [2.75, 3.05) is 0 Å². The lowest BCUT2D eigenvalue weighted by molar-refractivity contribution is -0.129. The molecule has 0 bridgehead atoms. The lowest BCUT2D eigenvalue weighted by Crippen LogP contribution is -2.25. The molecule has 0 unspecified atom stereocenters. The number of amides is 1. The Labute approximate surface area is 178 Å². The van der Waals surface area contributed by atoms with Crippen LogP contribution in [0.5, 0.6) is 5.75 Å². The molecule has 3 aromatic rings. The van der Waals surface area contributed by atoms with Crippen LogP contribution < -0.4 is 10.2 Å². The topological polar surface area (TPSA) is 70.9 Å². The van der Waals surface area contributed by atoms with Crippen LogP contribution in [0, 0.1) is 0 Å². The SMILES string of the molecule is O=C(N/N=C\c1cc(Cl)ccc1OCc1cccc(Cl)c1)[C@@H](O)c1ccccc1. The zero-order valence-electron chi connectivity index (χ0n) is 15.3. The molecule has 5 nitrogen and oxygen atoms in total. The fourth-order valence-corrected chi connectivity index (χ4v) is 2.95. The molecule has 148 valence electrons. The zero-order chi connectivity index (χ0) is 20.6. The normalized spacial score (nSPS) is 12.0. The van der Waals surface area contributed by atoms with Gasteiger partial charge in [-0.25, -0.2) is 5.43 Å². The van der Waals surface area contributed by atoms with Crippen LogP contribution in [0.4, 0.5) is 0 Å². The third-order valence-corrected chi connectivity index (χ3v) is 4.47. The number of halogens is 2. The molecule has 0 aromatic heterocycles. The Kier molecular flexibility index (Phi) is 7.25. The van der Waals surface area contributed by atoms with Crippen molar-refractivity contribution in [2.24, 2.45) is 5.10 Å². The Morgan fingerprint density at radius 3 is 2.55 bits per heavy atom. The van der Waals surface area contributed by atoms with Gasteiger partial charge in [0, 0.05) is 15.6 Å². The van der Waals surface area contributed by atoms with Crippen molar-refractivity contribution < 1.29 is 14.6 Å². The van der Waals surface area contributed by atoms with Crippen molar-refractivity contribution >= 4 is 35.3 Å². The van der Waals surface area contributed by atoms with Crippen LogP contribution in [0.3, 0.4) is 0 Å². The number of nitrogens with zero attached hydrogens (tertiary/aromatic N) is 1. The van der Waals surface area contributed by atoms with E-state index in [2.05, 4.69) is 10.5 Å². The molecule has 0 radical (unpaired) electrons. The maximum Gasteiger partial charge on any atom is 0.273 e. The number of rotatable bonds is 7. The fourth-order valence-electron chi connectivity index (χ4n) is 2.55. The minimum atomic E-state index is -1.31. The van der Waals surface area contributed by atoms with E-state index in [-0.39, 0.29) is 0 Å². The number of ether oxygens (including phenoxy) is 1. The molecule has 1 atom stereocenters. The lowest BCUT2D eigenvalue weighted by Gasteiger charge is -2.11. The minimum absolute atomic E-state index is 0.308. The van der Waals surface area contributed by atoms with Gasteiger partial charge in [0.15, 0.2) is 6.10 Å². The predicted molar refractivity (Wildman–Crippen MR) is 114 cm³/mol. The second kappa shape index (κ2) is 10.1. The molecular weight excluding hydrogens is 411 g/mol. The third-order valence-electron chi connectivity index (χ3n) is 4.00. The number of nitrogens with one attached hydrogen (secondary N) is 1. The van der Waals surface area contributed by atoms with Crippen molar-refractivity contribution in [1.82, 2.24) is 5.43 Å². The Morgan fingerprint density at radius 1 is 1.03 bits per heavy atom. The van der Waals surface area contributed by atoms with Gasteiger partial charge in [0.25, 0.3) is 5.91 Å². The highest BCUT2D eigenvalue weighted by Crippen LogP contribution is 2.23. The molecular formula is C22H18Cl2N2O3. The first kappa shape index (κ1) is 20.9. The highest BCUT2D eigenvalue weighted by molar-refractivity contribution is 6.31. The largest absolute Gasteiger partial charge is 0.488 e. The molecule has 7 heteroatoms. The molecule has 0 heterocycles. The smallest absolute Gasteiger partial charge is 0.273 e. The van der Waals surface area contributed by atoms with Crippen LogP contribution in [0.2, 0.25) is 10.0 Å². The average Bonchev–Trinajstić information content (AvgIpc) is 2.73. The highest BCUT2D eigenvalue weighted by Gasteiger charge is 2.16. The van der Waals surface area contributed by atoms with E-state index in [0.717, 1.165) is 5.56 Å². The molecule has 1 amide bonds. The van der Waals surface area contributed by atoms with Crippen molar-refractivity contribution in [3.05, 3.63) is 99.5 Å². The first-order chi connectivity index (χ1) is 14.0. The molecule has 2 N–H and O–H groups in total. The summed E-state index contributed by atoms with van der Waals surface area (Å²) in [5.41, 5.74) is 4.29. The molecule has 0 saturated carbocycles. The van der Waals surface area contributed by atoms with Gasteiger partial charge in [-0.05, 0) is 41.5 Å². The molecule has 0 aliphatic carbocycles. The summed E-state index contributed by atoms with van der Waals surface area (Å²) < 4.78 is 5.84. The van der Waals surface area contributed by atoms with E-state index in [1.165, 1.54) is 6.21 Å². The summed E-state index contributed by atoms with van der Waals surface area (Å²) in [4.78, 5) is 12.1. The number of aliphatic hydroxyl groups excluding tert-OH is 1. The lowest BCUT2D eigenvalue weighted by atomic mass is 10.1. The van der Waals surface area contributed by atoms with Gasteiger partial charge in [-0.1, -0.05) is 65.7 Å². The Morgan fingerprint density at radius 2 is 1.79 bits per heavy atom. The summed E-state index contributed by atoms with van der Waals surface area (Å²) in [5, 5.41) is 15.1. The number of benzene rings is 3. The molecule has 0 fully saturated rings. The van der Waals surface area contributed by atoms with Crippen molar-refractivity contribution in [3.8, 4) is 5.75 Å². The number of hydrogen-bond donors (Lipinski definition) is 2. The first-order valence-corrected chi connectivity index (χ1v) is 9.51. The molecule has 3 aromatic carbocycles. The Hall–Kier alpha value is -2.86. The third kappa shape index (κ3) is 6.06. The van der Waals surface area contributed by atoms with Gasteiger partial charge < -0.3 is 9.84 Å². The minimum Gasteiger partial charge on any atom is -0.488 e. The molecule has 3 rings (SSSR count). The molecule has 0 aliphatic heterocycles. The average molecular weight is 429 g/mol. The van der Waals surface area contributed by atoms with Crippen LogP contribution in [0.1, 0.15) is 22.8 Å². The van der Waals surface area contributed by atoms with E-state index in [4.69, 9.17) is 27.9 Å². The summed E-state index contributed by atoms with van der Waals surface area (Å²) >= 11 is 12.1. The van der Waals surface area contributed by atoms with E-state index in [9.17, 15) is 9.90 Å². The highest BCUT2D eigenvalue weighted by atomic mass is 35.5. The number of hydrogen-bond acceptors (Lipinski definition) is 4. The molecule has 0 aliphatic rings. The zero-order valence-corrected chi connectivity index (χ0v) is 16.8. The summed E-state index contributed by atoms with van der Waals surface area (Å²) in [5.74, 6) is -0.105. The van der Waals surface area contributed by atoms with Gasteiger partial charge in [0.1, 0.15) is 12.4 Å². The van der Waals surface area contributed by atoms with E-state index in [1.54, 1.807) is 54.6 Å². The van der Waals surface area contributed by atoms with E-state index in [0.29, 0.717) is 33.5 Å². The van der Waals surface area contributed by atoms with E-state index in [1.807, 2.05) is 18.2 Å². The van der Waals surface area contributed by atoms with Crippen LogP contribution in [0.25, 0.3) is 0 Å².